The minimum Gasteiger partial charge on any atom is -0.407 e. The maximum Gasteiger partial charge on any atom is 0.261 e. The summed E-state index contributed by atoms with van der Waals surface area (Å²) in [6.45, 7) is 14.3. The lowest BCUT2D eigenvalue weighted by Crippen LogP contribution is -2.67. The van der Waals surface area contributed by atoms with E-state index in [1.807, 2.05) is 12.1 Å². The van der Waals surface area contributed by atoms with E-state index in [0.29, 0.717) is 19.6 Å². The highest BCUT2D eigenvalue weighted by Gasteiger charge is 2.52. The van der Waals surface area contributed by atoms with Crippen molar-refractivity contribution in [3.05, 3.63) is 121 Å². The van der Waals surface area contributed by atoms with Crippen molar-refractivity contribution in [2.24, 2.45) is 11.1 Å². The first kappa shape index (κ1) is 34.0. The van der Waals surface area contributed by atoms with Gasteiger partial charge in [-0.1, -0.05) is 168 Å². The van der Waals surface area contributed by atoms with Crippen molar-refractivity contribution in [2.45, 2.75) is 64.1 Å². The summed E-state index contributed by atoms with van der Waals surface area (Å²) in [6.07, 6.45) is 0.300. The van der Waals surface area contributed by atoms with Crippen LogP contribution in [0.15, 0.2) is 126 Å². The Morgan fingerprint density at radius 1 is 0.652 bits per heavy atom. The Morgan fingerprint density at radius 3 is 1.37 bits per heavy atom. The molecule has 1 N–H and O–H groups in total. The number of hydrogen-bond donors (Lipinski definition) is 1. The van der Waals surface area contributed by atoms with Gasteiger partial charge in [0.05, 0.1) is 18.9 Å². The lowest BCUT2D eigenvalue weighted by molar-refractivity contribution is -0.00210. The van der Waals surface area contributed by atoms with E-state index in [9.17, 15) is 5.11 Å². The summed E-state index contributed by atoms with van der Waals surface area (Å²) in [5, 5.41) is 19.8. The van der Waals surface area contributed by atoms with Crippen molar-refractivity contribution in [3.8, 4) is 0 Å². The normalized spacial score (nSPS) is 16.5. The van der Waals surface area contributed by atoms with Gasteiger partial charge in [-0.2, -0.15) is 0 Å². The van der Waals surface area contributed by atoms with Gasteiger partial charge in [-0.15, -0.1) is 0 Å². The second-order valence-electron chi connectivity index (χ2n) is 14.4. The van der Waals surface area contributed by atoms with Crippen molar-refractivity contribution < 1.29 is 18.8 Å². The largest absolute Gasteiger partial charge is 0.407 e. The molecule has 46 heavy (non-hydrogen) atoms. The fourth-order valence-corrected chi connectivity index (χ4v) is 16.2. The number of rotatable bonds is 12. The molecule has 0 unspecified atom stereocenters. The molecule has 4 aromatic rings. The third kappa shape index (κ3) is 6.71. The van der Waals surface area contributed by atoms with Crippen molar-refractivity contribution in [1.29, 1.82) is 0 Å². The predicted octanol–water partition coefficient (Wildman–Crippen LogP) is 5.89. The molecule has 1 heterocycles. The van der Waals surface area contributed by atoms with Gasteiger partial charge in [0.1, 0.15) is 6.10 Å². The lowest BCUT2D eigenvalue weighted by Gasteiger charge is -2.44. The zero-order valence-corrected chi connectivity index (χ0v) is 30.1. The topological polar surface area (TPSA) is 60.3 Å². The molecule has 0 aliphatic carbocycles. The molecule has 0 amide bonds. The summed E-state index contributed by atoms with van der Waals surface area (Å²) in [4.78, 5) is 6.04. The summed E-state index contributed by atoms with van der Waals surface area (Å²) in [7, 11) is -5.47. The molecule has 2 atom stereocenters. The van der Waals surface area contributed by atoms with Crippen LogP contribution in [0, 0.1) is 5.92 Å². The van der Waals surface area contributed by atoms with Crippen LogP contribution in [0.3, 0.4) is 0 Å². The van der Waals surface area contributed by atoms with Crippen LogP contribution in [-0.2, 0) is 13.7 Å². The first-order chi connectivity index (χ1) is 22.0. The maximum atomic E-state index is 10.7. The number of hydrogen-bond acceptors (Lipinski definition) is 5. The molecule has 5 rings (SSSR count). The van der Waals surface area contributed by atoms with E-state index in [1.54, 1.807) is 0 Å². The molecule has 242 valence electrons. The first-order valence-corrected chi connectivity index (χ1v) is 20.2. The molecule has 0 fully saturated rings. The highest BCUT2D eigenvalue weighted by Crippen LogP contribution is 2.39. The van der Waals surface area contributed by atoms with Crippen LogP contribution < -0.4 is 20.7 Å². The second-order valence-corrected chi connectivity index (χ2v) is 23.0. The van der Waals surface area contributed by atoms with Crippen LogP contribution >= 0.6 is 0 Å². The van der Waals surface area contributed by atoms with Crippen LogP contribution in [-0.4, -0.2) is 53.4 Å². The number of aliphatic hydroxyl groups excluding tert-OH is 1. The van der Waals surface area contributed by atoms with Gasteiger partial charge in [-0.05, 0) is 30.8 Å². The van der Waals surface area contributed by atoms with E-state index < -0.39 is 16.6 Å². The number of benzene rings is 4. The Labute approximate surface area is 277 Å². The quantitative estimate of drug-likeness (QED) is 0.194. The van der Waals surface area contributed by atoms with Crippen molar-refractivity contribution in [1.82, 2.24) is 0 Å². The first-order valence-electron chi connectivity index (χ1n) is 16.4. The average Bonchev–Trinajstić information content (AvgIpc) is 3.53. The number of aliphatic hydroxyl groups is 1. The molecule has 1 aliphatic rings. The predicted molar refractivity (Wildman–Crippen MR) is 195 cm³/mol. The highest BCUT2D eigenvalue weighted by molar-refractivity contribution is 7.00. The van der Waals surface area contributed by atoms with Gasteiger partial charge in [-0.3, -0.25) is 0 Å². The fraction of sp³-hybridized carbons (Fsp3) is 0.359. The van der Waals surface area contributed by atoms with Gasteiger partial charge in [-0.25, -0.2) is 0 Å². The van der Waals surface area contributed by atoms with Crippen LogP contribution in [0.5, 0.6) is 0 Å². The molecular weight excluding hydrogens is 603 g/mol. The Morgan fingerprint density at radius 2 is 1.02 bits per heavy atom. The monoisotopic (exact) mass is 651 g/mol. The third-order valence-electron chi connectivity index (χ3n) is 9.32. The zero-order chi connectivity index (χ0) is 32.8. The lowest BCUT2D eigenvalue weighted by atomic mass is 10.0. The third-order valence-corrected chi connectivity index (χ3v) is 19.3. The minimum atomic E-state index is -2.76. The van der Waals surface area contributed by atoms with E-state index in [1.165, 1.54) is 20.7 Å². The highest BCUT2D eigenvalue weighted by atomic mass is 28.4. The van der Waals surface area contributed by atoms with Gasteiger partial charge in [0, 0.05) is 18.9 Å². The number of oxime groups is 1. The van der Waals surface area contributed by atoms with Gasteiger partial charge in [0.2, 0.25) is 0 Å². The Hall–Kier alpha value is -3.34. The van der Waals surface area contributed by atoms with Gasteiger partial charge < -0.3 is 18.8 Å². The molecule has 0 radical (unpaired) electrons. The van der Waals surface area contributed by atoms with E-state index in [4.69, 9.17) is 13.7 Å². The molecule has 0 bridgehead atoms. The summed E-state index contributed by atoms with van der Waals surface area (Å²) in [6, 6.07) is 42.5. The van der Waals surface area contributed by atoms with Crippen LogP contribution in [0.2, 0.25) is 10.1 Å². The molecule has 0 saturated carbocycles. The fourth-order valence-electron chi connectivity index (χ4n) is 7.01. The Bertz CT molecular complexity index is 1470. The molecule has 4 aromatic carbocycles. The van der Waals surface area contributed by atoms with Gasteiger partial charge >= 0.3 is 0 Å². The smallest absolute Gasteiger partial charge is 0.261 e. The molecule has 5 nitrogen and oxygen atoms in total. The SMILES string of the molecule is CC(C)(C)[Si](OCC1=NO[C@H]([C@@H](CO)CO[Si](c2ccccc2)(c2ccccc2)C(C)(C)C)C1)(c1ccccc1)c1ccccc1. The summed E-state index contributed by atoms with van der Waals surface area (Å²) < 4.78 is 14.3. The Kier molecular flexibility index (Phi) is 10.5. The molecule has 0 aromatic heterocycles. The molecule has 7 heteroatoms. The van der Waals surface area contributed by atoms with Gasteiger partial charge in [0.15, 0.2) is 0 Å². The molecule has 1 aliphatic heterocycles. The maximum absolute atomic E-state index is 10.7. The standard InChI is InChI=1S/C39H49NO4Si2/c1-38(2,3)45(33-19-11-7-12-20-33,34-21-13-8-14-22-34)42-29-31(28-41)37-27-32(40-44-37)30-43-46(39(4,5)6,35-23-15-9-16-24-35)36-25-17-10-18-26-36/h7-26,31,37,41H,27-30H2,1-6H3/t31-,37-/m0/s1. The van der Waals surface area contributed by atoms with Crippen LogP contribution in [0.1, 0.15) is 48.0 Å². The van der Waals surface area contributed by atoms with E-state index in [2.05, 4.69) is 156 Å². The summed E-state index contributed by atoms with van der Waals surface area (Å²) in [5.41, 5.74) is 0.863. The molecule has 0 spiro atoms. The van der Waals surface area contributed by atoms with E-state index in [-0.39, 0.29) is 28.7 Å². The molecular formula is C39H49NO4Si2. The number of nitrogens with zero attached hydrogens (tertiary/aromatic N) is 1. The minimum absolute atomic E-state index is 0.0543. The average molecular weight is 652 g/mol. The van der Waals surface area contributed by atoms with Gasteiger partial charge in [0.25, 0.3) is 16.6 Å². The summed E-state index contributed by atoms with van der Waals surface area (Å²) in [5.74, 6) is -0.240. The Balaban J connectivity index is 1.36. The van der Waals surface area contributed by atoms with Crippen LogP contribution in [0.25, 0.3) is 0 Å². The molecule has 0 saturated heterocycles. The van der Waals surface area contributed by atoms with Crippen LogP contribution in [0.4, 0.5) is 0 Å². The van der Waals surface area contributed by atoms with Crippen molar-refractivity contribution in [2.75, 3.05) is 19.8 Å². The summed E-state index contributed by atoms with van der Waals surface area (Å²) >= 11 is 0. The second kappa shape index (κ2) is 14.2. The van der Waals surface area contributed by atoms with Crippen molar-refractivity contribution >= 4 is 43.1 Å². The van der Waals surface area contributed by atoms with E-state index >= 15 is 0 Å². The van der Waals surface area contributed by atoms with Crippen molar-refractivity contribution in [3.63, 3.8) is 0 Å². The van der Waals surface area contributed by atoms with E-state index in [0.717, 1.165) is 5.71 Å². The zero-order valence-electron chi connectivity index (χ0n) is 28.1.